The number of hydrogen-bond acceptors (Lipinski definition) is 3. The summed E-state index contributed by atoms with van der Waals surface area (Å²) in [6.45, 7) is 7.68. The van der Waals surface area contributed by atoms with Crippen LogP contribution in [0.15, 0.2) is 71.6 Å². The van der Waals surface area contributed by atoms with E-state index in [1.807, 2.05) is 45.0 Å². The van der Waals surface area contributed by atoms with E-state index in [2.05, 4.69) is 5.32 Å². The monoisotopic (exact) mass is 436 g/mol. The van der Waals surface area contributed by atoms with Crippen molar-refractivity contribution in [2.75, 3.05) is 11.4 Å². The van der Waals surface area contributed by atoms with E-state index in [1.165, 1.54) is 11.4 Å². The Kier molecular flexibility index (Phi) is 6.51. The fraction of sp³-hybridized carbons (Fsp3) is 0.240. The van der Waals surface area contributed by atoms with Crippen LogP contribution in [0.3, 0.4) is 0 Å². The average Bonchev–Trinajstić information content (AvgIpc) is 2.73. The number of carbonyl (C=O) groups is 1. The smallest absolute Gasteiger partial charge is 0.264 e. The summed E-state index contributed by atoms with van der Waals surface area (Å²) in [5.74, 6) is -0.200. The van der Waals surface area contributed by atoms with Crippen LogP contribution in [0.1, 0.15) is 45.6 Å². The average molecular weight is 437 g/mol. The van der Waals surface area contributed by atoms with Crippen LogP contribution in [-0.2, 0) is 10.0 Å². The lowest BCUT2D eigenvalue weighted by Gasteiger charge is -2.22. The second-order valence-corrected chi connectivity index (χ2v) is 9.81. The number of rotatable bonds is 6. The van der Waals surface area contributed by atoms with Gasteiger partial charge in [0.1, 0.15) is 0 Å². The van der Waals surface area contributed by atoms with Gasteiger partial charge >= 0.3 is 0 Å². The van der Waals surface area contributed by atoms with Gasteiger partial charge in [0, 0.05) is 12.6 Å². The molecule has 0 radical (unpaired) electrons. The third-order valence-corrected chi connectivity index (χ3v) is 7.27. The van der Waals surface area contributed by atoms with Crippen LogP contribution < -0.4 is 9.62 Å². The number of anilines is 1. The Morgan fingerprint density at radius 3 is 2.16 bits per heavy atom. The van der Waals surface area contributed by atoms with Crippen molar-refractivity contribution < 1.29 is 13.2 Å². The third-order valence-electron chi connectivity index (χ3n) is 5.48. The van der Waals surface area contributed by atoms with E-state index in [0.717, 1.165) is 16.7 Å². The molecule has 0 spiro atoms. The van der Waals surface area contributed by atoms with Gasteiger partial charge in [0.2, 0.25) is 0 Å². The van der Waals surface area contributed by atoms with Gasteiger partial charge in [0.05, 0.1) is 16.6 Å². The predicted molar refractivity (Wildman–Crippen MR) is 125 cm³/mol. The predicted octanol–water partition coefficient (Wildman–Crippen LogP) is 4.93. The zero-order valence-corrected chi connectivity index (χ0v) is 19.3. The topological polar surface area (TPSA) is 66.5 Å². The Balaban J connectivity index is 1.81. The number of benzene rings is 3. The largest absolute Gasteiger partial charge is 0.346 e. The summed E-state index contributed by atoms with van der Waals surface area (Å²) >= 11 is 0. The molecular weight excluding hydrogens is 408 g/mol. The lowest BCUT2D eigenvalue weighted by molar-refractivity contribution is 0.0939. The van der Waals surface area contributed by atoms with Gasteiger partial charge in [-0.2, -0.15) is 0 Å². The van der Waals surface area contributed by atoms with Gasteiger partial charge in [-0.05, 0) is 74.7 Å². The highest BCUT2D eigenvalue weighted by Gasteiger charge is 2.23. The second kappa shape index (κ2) is 8.94. The molecule has 0 saturated heterocycles. The molecule has 1 amide bonds. The van der Waals surface area contributed by atoms with Gasteiger partial charge < -0.3 is 5.32 Å². The Labute approximate surface area is 184 Å². The Bertz CT molecular complexity index is 1200. The number of carbonyl (C=O) groups excluding carboxylic acids is 1. The molecule has 0 fully saturated rings. The molecular formula is C25H28N2O3S. The zero-order valence-electron chi connectivity index (χ0n) is 18.5. The van der Waals surface area contributed by atoms with Crippen molar-refractivity contribution in [3.63, 3.8) is 0 Å². The highest BCUT2D eigenvalue weighted by atomic mass is 32.2. The van der Waals surface area contributed by atoms with Crippen molar-refractivity contribution in [1.29, 1.82) is 0 Å². The Hall–Kier alpha value is -3.12. The lowest BCUT2D eigenvalue weighted by atomic mass is 10.0. The number of hydrogen-bond donors (Lipinski definition) is 1. The fourth-order valence-corrected chi connectivity index (χ4v) is 4.84. The minimum atomic E-state index is -3.69. The van der Waals surface area contributed by atoms with E-state index in [4.69, 9.17) is 0 Å². The summed E-state index contributed by atoms with van der Waals surface area (Å²) in [6.07, 6.45) is 0. The number of nitrogens with one attached hydrogen (secondary N) is 1. The van der Waals surface area contributed by atoms with Crippen molar-refractivity contribution in [1.82, 2.24) is 5.32 Å². The highest BCUT2D eigenvalue weighted by Crippen LogP contribution is 2.27. The van der Waals surface area contributed by atoms with E-state index < -0.39 is 10.0 Å². The molecule has 162 valence electrons. The number of amides is 1. The van der Waals surface area contributed by atoms with Gasteiger partial charge in [-0.3, -0.25) is 9.10 Å². The van der Waals surface area contributed by atoms with Gasteiger partial charge in [-0.25, -0.2) is 8.42 Å². The summed E-state index contributed by atoms with van der Waals surface area (Å²) in [7, 11) is -2.17. The molecule has 0 aromatic heterocycles. The molecule has 5 nitrogen and oxygen atoms in total. The quantitative estimate of drug-likeness (QED) is 0.596. The van der Waals surface area contributed by atoms with Crippen LogP contribution >= 0.6 is 0 Å². The molecule has 3 aromatic rings. The van der Waals surface area contributed by atoms with Gasteiger partial charge in [-0.15, -0.1) is 0 Å². The van der Waals surface area contributed by atoms with Crippen LogP contribution in [0.5, 0.6) is 0 Å². The van der Waals surface area contributed by atoms with Crippen molar-refractivity contribution in [2.45, 2.75) is 38.6 Å². The molecule has 6 heteroatoms. The molecule has 1 N–H and O–H groups in total. The van der Waals surface area contributed by atoms with Crippen molar-refractivity contribution in [3.8, 4) is 0 Å². The highest BCUT2D eigenvalue weighted by molar-refractivity contribution is 7.92. The molecule has 0 aliphatic heterocycles. The summed E-state index contributed by atoms with van der Waals surface area (Å²) in [5, 5.41) is 3.02. The molecule has 1 unspecified atom stereocenters. The van der Waals surface area contributed by atoms with E-state index in [-0.39, 0.29) is 16.8 Å². The molecule has 3 aromatic carbocycles. The number of aryl methyl sites for hydroxylation is 3. The van der Waals surface area contributed by atoms with Crippen molar-refractivity contribution in [3.05, 3.63) is 94.5 Å². The molecule has 0 bridgehead atoms. The standard InChI is InChI=1S/C25H28N2O3S/c1-17-10-13-22(14-11-17)31(29,30)27(5)24-15-12-21(16-19(24)3)25(28)26-20(4)23-9-7-6-8-18(23)2/h6-16,20H,1-5H3,(H,26,28). The van der Waals surface area contributed by atoms with Crippen LogP contribution in [0.4, 0.5) is 5.69 Å². The van der Waals surface area contributed by atoms with Gasteiger partial charge in [0.15, 0.2) is 0 Å². The Morgan fingerprint density at radius 2 is 1.55 bits per heavy atom. The normalized spacial score (nSPS) is 12.3. The molecule has 0 saturated carbocycles. The first-order valence-electron chi connectivity index (χ1n) is 10.1. The van der Waals surface area contributed by atoms with Crippen LogP contribution in [0.2, 0.25) is 0 Å². The Morgan fingerprint density at radius 1 is 0.903 bits per heavy atom. The summed E-state index contributed by atoms with van der Waals surface area (Å²) in [4.78, 5) is 13.0. The van der Waals surface area contributed by atoms with Crippen LogP contribution in [-0.4, -0.2) is 21.4 Å². The maximum absolute atomic E-state index is 13.0. The molecule has 0 aliphatic carbocycles. The van der Waals surface area contributed by atoms with Crippen LogP contribution in [0, 0.1) is 20.8 Å². The maximum atomic E-state index is 13.0. The summed E-state index contributed by atoms with van der Waals surface area (Å²) in [6, 6.07) is 19.6. The first-order chi connectivity index (χ1) is 14.6. The lowest BCUT2D eigenvalue weighted by Crippen LogP contribution is -2.28. The molecule has 31 heavy (non-hydrogen) atoms. The number of sulfonamides is 1. The zero-order chi connectivity index (χ0) is 22.8. The van der Waals surface area contributed by atoms with Crippen molar-refractivity contribution >= 4 is 21.6 Å². The van der Waals surface area contributed by atoms with Crippen molar-refractivity contribution in [2.24, 2.45) is 0 Å². The van der Waals surface area contributed by atoms with Gasteiger partial charge in [0.25, 0.3) is 15.9 Å². The summed E-state index contributed by atoms with van der Waals surface area (Å²) in [5.41, 5.74) is 4.90. The summed E-state index contributed by atoms with van der Waals surface area (Å²) < 4.78 is 27.2. The first-order valence-corrected chi connectivity index (χ1v) is 11.6. The number of nitrogens with zero attached hydrogens (tertiary/aromatic N) is 1. The fourth-order valence-electron chi connectivity index (χ4n) is 3.58. The minimum Gasteiger partial charge on any atom is -0.346 e. The first kappa shape index (κ1) is 22.6. The van der Waals surface area contributed by atoms with E-state index in [1.54, 1.807) is 49.4 Å². The van der Waals surface area contributed by atoms with Crippen LogP contribution in [0.25, 0.3) is 0 Å². The SMILES string of the molecule is Cc1ccc(S(=O)(=O)N(C)c2ccc(C(=O)NC(C)c3ccccc3C)cc2C)cc1. The molecule has 1 atom stereocenters. The minimum absolute atomic E-state index is 0.140. The van der Waals surface area contributed by atoms with E-state index in [9.17, 15) is 13.2 Å². The maximum Gasteiger partial charge on any atom is 0.264 e. The molecule has 3 rings (SSSR count). The van der Waals surface area contributed by atoms with Gasteiger partial charge in [-0.1, -0.05) is 42.0 Å². The van der Waals surface area contributed by atoms with E-state index >= 15 is 0 Å². The molecule has 0 aliphatic rings. The van der Waals surface area contributed by atoms with E-state index in [0.29, 0.717) is 16.8 Å². The molecule has 0 heterocycles. The third kappa shape index (κ3) is 4.80. The second-order valence-electron chi connectivity index (χ2n) is 7.84.